The second kappa shape index (κ2) is 3.08. The van der Waals surface area contributed by atoms with E-state index >= 15 is 0 Å². The Balaban J connectivity index is 2.81. The summed E-state index contributed by atoms with van der Waals surface area (Å²) in [6.45, 7) is 0.714. The van der Waals surface area contributed by atoms with E-state index in [0.717, 1.165) is 5.75 Å². The summed E-state index contributed by atoms with van der Waals surface area (Å²) in [5.41, 5.74) is 0. The molecule has 0 fully saturated rings. The summed E-state index contributed by atoms with van der Waals surface area (Å²) in [4.78, 5) is 10.9. The van der Waals surface area contributed by atoms with Crippen molar-refractivity contribution < 1.29 is 0 Å². The smallest absolute Gasteiger partial charge is 0.305 e. The molecule has 0 bridgehead atoms. The number of nitrogens with zero attached hydrogens (tertiary/aromatic N) is 1. The van der Waals surface area contributed by atoms with Crippen LogP contribution >= 0.6 is 24.0 Å². The lowest BCUT2D eigenvalue weighted by Gasteiger charge is -1.92. The van der Waals surface area contributed by atoms with Crippen molar-refractivity contribution in [2.45, 2.75) is 6.54 Å². The van der Waals surface area contributed by atoms with Crippen LogP contribution in [-0.4, -0.2) is 10.3 Å². The first-order chi connectivity index (χ1) is 4.34. The van der Waals surface area contributed by atoms with Crippen LogP contribution < -0.4 is 4.87 Å². The van der Waals surface area contributed by atoms with Crippen molar-refractivity contribution in [2.75, 3.05) is 5.75 Å². The highest BCUT2D eigenvalue weighted by atomic mass is 32.1. The monoisotopic (exact) mass is 161 g/mol. The third-order valence-corrected chi connectivity index (χ3v) is 1.88. The number of hydrogen-bond donors (Lipinski definition) is 1. The van der Waals surface area contributed by atoms with Crippen molar-refractivity contribution in [2.24, 2.45) is 0 Å². The molecule has 0 saturated heterocycles. The fraction of sp³-hybridized carbons (Fsp3) is 0.400. The molecule has 1 rings (SSSR count). The highest BCUT2D eigenvalue weighted by Gasteiger charge is 1.91. The highest BCUT2D eigenvalue weighted by molar-refractivity contribution is 7.80. The Morgan fingerprint density at radius 1 is 1.78 bits per heavy atom. The number of rotatable bonds is 2. The van der Waals surface area contributed by atoms with Crippen molar-refractivity contribution in [3.63, 3.8) is 0 Å². The summed E-state index contributed by atoms with van der Waals surface area (Å²) in [6, 6.07) is 0. The van der Waals surface area contributed by atoms with Crippen LogP contribution in [0.4, 0.5) is 0 Å². The van der Waals surface area contributed by atoms with Crippen molar-refractivity contribution in [1.29, 1.82) is 0 Å². The Bertz CT molecular complexity index is 227. The van der Waals surface area contributed by atoms with Crippen molar-refractivity contribution in [1.82, 2.24) is 4.57 Å². The van der Waals surface area contributed by atoms with Crippen molar-refractivity contribution in [3.8, 4) is 0 Å². The van der Waals surface area contributed by atoms with E-state index in [0.29, 0.717) is 6.54 Å². The molecule has 1 aromatic heterocycles. The number of thiol groups is 1. The lowest BCUT2D eigenvalue weighted by atomic mass is 10.7. The van der Waals surface area contributed by atoms with Crippen LogP contribution in [0.2, 0.25) is 0 Å². The van der Waals surface area contributed by atoms with Gasteiger partial charge in [-0.2, -0.15) is 12.6 Å². The third kappa shape index (κ3) is 1.59. The lowest BCUT2D eigenvalue weighted by molar-refractivity contribution is 0.759. The molecule has 2 nitrogen and oxygen atoms in total. The molecule has 0 aliphatic rings. The molecule has 4 heteroatoms. The molecule has 0 aliphatic carbocycles. The van der Waals surface area contributed by atoms with E-state index in [-0.39, 0.29) is 4.87 Å². The molecular weight excluding hydrogens is 154 g/mol. The number of hydrogen-bond acceptors (Lipinski definition) is 3. The van der Waals surface area contributed by atoms with Gasteiger partial charge in [0.1, 0.15) is 0 Å². The van der Waals surface area contributed by atoms with Crippen LogP contribution in [0.1, 0.15) is 0 Å². The van der Waals surface area contributed by atoms with Gasteiger partial charge in [0, 0.05) is 23.9 Å². The van der Waals surface area contributed by atoms with Gasteiger partial charge >= 0.3 is 4.87 Å². The molecular formula is C5H7NOS2. The zero-order valence-electron chi connectivity index (χ0n) is 4.78. The van der Waals surface area contributed by atoms with Gasteiger partial charge in [-0.15, -0.1) is 0 Å². The Labute approximate surface area is 62.5 Å². The second-order valence-corrected chi connectivity index (χ2v) is 2.89. The van der Waals surface area contributed by atoms with E-state index in [9.17, 15) is 4.79 Å². The summed E-state index contributed by atoms with van der Waals surface area (Å²) in [5.74, 6) is 0.719. The lowest BCUT2D eigenvalue weighted by Crippen LogP contribution is -2.12. The van der Waals surface area contributed by atoms with Gasteiger partial charge in [0.2, 0.25) is 0 Å². The van der Waals surface area contributed by atoms with E-state index < -0.39 is 0 Å². The van der Waals surface area contributed by atoms with Gasteiger partial charge in [-0.05, 0) is 0 Å². The number of aryl methyl sites for hydroxylation is 1. The average molecular weight is 161 g/mol. The maximum atomic E-state index is 10.8. The van der Waals surface area contributed by atoms with Crippen LogP contribution in [-0.2, 0) is 6.54 Å². The minimum Gasteiger partial charge on any atom is -0.305 e. The van der Waals surface area contributed by atoms with E-state index in [2.05, 4.69) is 12.6 Å². The predicted octanol–water partition coefficient (Wildman–Crippen LogP) is 0.840. The minimum absolute atomic E-state index is 0.101. The Hall–Kier alpha value is -0.220. The second-order valence-electron chi connectivity index (χ2n) is 1.59. The molecule has 1 heterocycles. The standard InChI is InChI=1S/C5H7NOS2/c7-5-6(1-3-8)2-4-9-5/h2,4,8H,1,3H2. The first-order valence-corrected chi connectivity index (χ1v) is 4.10. The maximum Gasteiger partial charge on any atom is 0.307 e. The van der Waals surface area contributed by atoms with Crippen LogP contribution in [0, 0.1) is 0 Å². The molecule has 0 radical (unpaired) electrons. The third-order valence-electron chi connectivity index (χ3n) is 0.985. The Kier molecular flexibility index (Phi) is 2.36. The zero-order valence-corrected chi connectivity index (χ0v) is 6.49. The number of thiazole rings is 1. The summed E-state index contributed by atoms with van der Waals surface area (Å²) in [5, 5.41) is 1.78. The van der Waals surface area contributed by atoms with Crippen molar-refractivity contribution >= 4 is 24.0 Å². The van der Waals surface area contributed by atoms with Crippen LogP contribution in [0.3, 0.4) is 0 Å². The van der Waals surface area contributed by atoms with Crippen LogP contribution in [0.5, 0.6) is 0 Å². The quantitative estimate of drug-likeness (QED) is 0.638. The highest BCUT2D eigenvalue weighted by Crippen LogP contribution is 1.88. The first-order valence-electron chi connectivity index (χ1n) is 2.59. The van der Waals surface area contributed by atoms with Gasteiger partial charge in [-0.3, -0.25) is 4.79 Å². The largest absolute Gasteiger partial charge is 0.307 e. The van der Waals surface area contributed by atoms with E-state index in [1.54, 1.807) is 16.1 Å². The zero-order chi connectivity index (χ0) is 6.69. The van der Waals surface area contributed by atoms with Crippen LogP contribution in [0.15, 0.2) is 16.4 Å². The molecule has 0 atom stereocenters. The molecule has 0 unspecified atom stereocenters. The van der Waals surface area contributed by atoms with E-state index in [4.69, 9.17) is 0 Å². The van der Waals surface area contributed by atoms with E-state index in [1.807, 2.05) is 0 Å². The molecule has 0 aliphatic heterocycles. The van der Waals surface area contributed by atoms with Gasteiger partial charge in [0.25, 0.3) is 0 Å². The molecule has 9 heavy (non-hydrogen) atoms. The van der Waals surface area contributed by atoms with E-state index in [1.165, 1.54) is 11.3 Å². The summed E-state index contributed by atoms with van der Waals surface area (Å²) < 4.78 is 1.65. The fourth-order valence-corrected chi connectivity index (χ4v) is 1.39. The molecule has 0 spiro atoms. The summed E-state index contributed by atoms with van der Waals surface area (Å²) >= 11 is 5.22. The van der Waals surface area contributed by atoms with Crippen LogP contribution in [0.25, 0.3) is 0 Å². The molecule has 0 saturated carbocycles. The molecule has 0 amide bonds. The Morgan fingerprint density at radius 2 is 2.56 bits per heavy atom. The van der Waals surface area contributed by atoms with Gasteiger partial charge in [-0.25, -0.2) is 0 Å². The number of aromatic nitrogens is 1. The van der Waals surface area contributed by atoms with Gasteiger partial charge in [0.15, 0.2) is 0 Å². The molecule has 0 N–H and O–H groups in total. The molecule has 0 aromatic carbocycles. The predicted molar refractivity (Wildman–Crippen MR) is 42.4 cm³/mol. The summed E-state index contributed by atoms with van der Waals surface area (Å²) in [6.07, 6.45) is 1.78. The Morgan fingerprint density at radius 3 is 3.00 bits per heavy atom. The minimum atomic E-state index is 0.101. The normalized spacial score (nSPS) is 9.89. The SMILES string of the molecule is O=c1sccn1CCS. The fourth-order valence-electron chi connectivity index (χ4n) is 0.564. The van der Waals surface area contributed by atoms with Gasteiger partial charge in [0.05, 0.1) is 0 Å². The first kappa shape index (κ1) is 6.89. The van der Waals surface area contributed by atoms with Gasteiger partial charge in [-0.1, -0.05) is 11.3 Å². The summed E-state index contributed by atoms with van der Waals surface area (Å²) in [7, 11) is 0. The van der Waals surface area contributed by atoms with Crippen molar-refractivity contribution in [3.05, 3.63) is 21.2 Å². The maximum absolute atomic E-state index is 10.8. The average Bonchev–Trinajstić information content (AvgIpc) is 2.18. The van der Waals surface area contributed by atoms with Gasteiger partial charge < -0.3 is 4.57 Å². The topological polar surface area (TPSA) is 22.0 Å². The molecule has 50 valence electrons. The molecule has 1 aromatic rings.